The molecule has 3 rings (SSSR count). The summed E-state index contributed by atoms with van der Waals surface area (Å²) in [5, 5.41) is 2.83. The van der Waals surface area contributed by atoms with Crippen molar-refractivity contribution in [2.24, 2.45) is 0 Å². The highest BCUT2D eigenvalue weighted by Crippen LogP contribution is 2.31. The highest BCUT2D eigenvalue weighted by atomic mass is 35.5. The Morgan fingerprint density at radius 1 is 0.974 bits per heavy atom. The van der Waals surface area contributed by atoms with E-state index in [2.05, 4.69) is 21.9 Å². The van der Waals surface area contributed by atoms with Gasteiger partial charge in [-0.2, -0.15) is 13.2 Å². The molecule has 1 heterocycles. The van der Waals surface area contributed by atoms with Crippen LogP contribution >= 0.6 is 11.6 Å². The van der Waals surface area contributed by atoms with E-state index in [1.54, 1.807) is 0 Å². The lowest BCUT2D eigenvalue weighted by Crippen LogP contribution is -2.15. The summed E-state index contributed by atoms with van der Waals surface area (Å²) in [6, 6.07) is 6.26. The molecule has 0 aliphatic heterocycles. The average Bonchev–Trinajstić information content (AvgIpc) is 2.87. The van der Waals surface area contributed by atoms with Crippen molar-refractivity contribution in [2.45, 2.75) is 47.7 Å². The highest BCUT2D eigenvalue weighted by molar-refractivity contribution is 6.33. The van der Waals surface area contributed by atoms with E-state index in [9.17, 15) is 26.7 Å². The number of hydrogen-bond acceptors (Lipinski definition) is 3. The van der Waals surface area contributed by atoms with E-state index in [1.165, 1.54) is 31.3 Å². The van der Waals surface area contributed by atoms with Crippen LogP contribution in [0.5, 0.6) is 0 Å². The lowest BCUT2D eigenvalue weighted by Gasteiger charge is -2.12. The Labute approximate surface area is 224 Å². The molecule has 3 aromatic rings. The van der Waals surface area contributed by atoms with Crippen molar-refractivity contribution in [2.75, 3.05) is 5.32 Å². The Bertz CT molecular complexity index is 1360. The molecular weight excluding hydrogens is 525 g/mol. The van der Waals surface area contributed by atoms with E-state index in [1.807, 2.05) is 27.7 Å². The Hall–Kier alpha value is -3.59. The maximum atomic E-state index is 13.6. The summed E-state index contributed by atoms with van der Waals surface area (Å²) < 4.78 is 65.3. The molecule has 0 radical (unpaired) electrons. The van der Waals surface area contributed by atoms with Gasteiger partial charge in [-0.05, 0) is 43.7 Å². The van der Waals surface area contributed by atoms with Crippen LogP contribution in [-0.4, -0.2) is 22.1 Å². The van der Waals surface area contributed by atoms with Crippen molar-refractivity contribution in [3.05, 3.63) is 88.6 Å². The summed E-state index contributed by atoms with van der Waals surface area (Å²) in [5.41, 5.74) is 0.407. The maximum absolute atomic E-state index is 13.6. The number of allylic oxidation sites excluding steroid dienone is 3. The number of benzene rings is 2. The Balaban J connectivity index is 0.00000172. The fourth-order valence-electron chi connectivity index (χ4n) is 2.85. The van der Waals surface area contributed by atoms with Crippen molar-refractivity contribution >= 4 is 34.2 Å². The van der Waals surface area contributed by atoms with Crippen molar-refractivity contribution in [1.82, 2.24) is 9.97 Å². The number of alkyl halides is 3. The Kier molecular flexibility index (Phi) is 12.3. The Morgan fingerprint density at radius 2 is 1.55 bits per heavy atom. The van der Waals surface area contributed by atoms with Gasteiger partial charge < -0.3 is 5.32 Å². The first-order valence-corrected chi connectivity index (χ1v) is 12.1. The number of halogens is 6. The van der Waals surface area contributed by atoms with Crippen LogP contribution in [0.15, 0.2) is 72.0 Å². The first-order valence-electron chi connectivity index (χ1n) is 11.7. The predicted octanol–water partition coefficient (Wildman–Crippen LogP) is 9.23. The first-order chi connectivity index (χ1) is 17.9. The van der Waals surface area contributed by atoms with Crippen LogP contribution in [0, 0.1) is 11.6 Å². The summed E-state index contributed by atoms with van der Waals surface area (Å²) in [7, 11) is 0. The first kappa shape index (κ1) is 32.4. The largest absolute Gasteiger partial charge is 0.412 e. The minimum Gasteiger partial charge on any atom is -0.322 e. The van der Waals surface area contributed by atoms with Crippen LogP contribution in [0.25, 0.3) is 22.3 Å². The lowest BCUT2D eigenvalue weighted by atomic mass is 10.1. The van der Waals surface area contributed by atoms with Gasteiger partial charge in [0.2, 0.25) is 0 Å². The van der Waals surface area contributed by atoms with E-state index in [0.29, 0.717) is 5.56 Å². The number of carbonyl (C=O) groups is 1. The third-order valence-corrected chi connectivity index (χ3v) is 5.07. The second-order valence-corrected chi connectivity index (χ2v) is 7.77. The number of nitrogens with zero attached hydrogens (tertiary/aromatic N) is 2. The molecule has 0 aliphatic carbocycles. The van der Waals surface area contributed by atoms with Crippen LogP contribution in [0.2, 0.25) is 5.02 Å². The van der Waals surface area contributed by atoms with Crippen molar-refractivity contribution in [3.63, 3.8) is 0 Å². The zero-order valence-corrected chi connectivity index (χ0v) is 22.7. The summed E-state index contributed by atoms with van der Waals surface area (Å²) in [6.07, 6.45) is -1.37. The Morgan fingerprint density at radius 3 is 2.11 bits per heavy atom. The van der Waals surface area contributed by atoms with Crippen LogP contribution in [0.4, 0.5) is 27.6 Å². The van der Waals surface area contributed by atoms with E-state index >= 15 is 0 Å². The molecule has 0 spiro atoms. The summed E-state index contributed by atoms with van der Waals surface area (Å²) in [6.45, 7) is 14.0. The zero-order chi connectivity index (χ0) is 29.2. The van der Waals surface area contributed by atoms with Gasteiger partial charge in [-0.25, -0.2) is 13.8 Å². The van der Waals surface area contributed by atoms with Gasteiger partial charge in [-0.1, -0.05) is 52.0 Å². The summed E-state index contributed by atoms with van der Waals surface area (Å²) in [4.78, 5) is 21.0. The van der Waals surface area contributed by atoms with E-state index < -0.39 is 29.3 Å². The molecule has 4 nitrogen and oxygen atoms in total. The van der Waals surface area contributed by atoms with E-state index in [0.717, 1.165) is 31.2 Å². The number of anilines is 1. The van der Waals surface area contributed by atoms with Gasteiger partial charge in [-0.3, -0.25) is 9.78 Å². The van der Waals surface area contributed by atoms with E-state index in [4.69, 9.17) is 11.6 Å². The monoisotopic (exact) mass is 553 g/mol. The molecule has 0 aliphatic rings. The molecule has 2 aromatic carbocycles. The van der Waals surface area contributed by atoms with Crippen molar-refractivity contribution in [1.29, 1.82) is 0 Å². The van der Waals surface area contributed by atoms with Crippen LogP contribution in [0.1, 0.15) is 41.5 Å². The standard InChI is InChI=1S/C24H17ClF5N3O.2C2H6/c1-12(2)15(6-4-13(3)24(28,29)30)23(34)32-14-5-7-17(25)16(8-14)22-11-31-20-9-18(26)19(27)10-21(20)33-22;2*1-2/h4-11H,1H2,2-3H3,(H,32,34);2*1-2H3/b13-4+,15-6+;;. The number of amides is 1. The van der Waals surface area contributed by atoms with Gasteiger partial charge in [-0.15, -0.1) is 0 Å². The molecule has 0 fully saturated rings. The second kappa shape index (κ2) is 14.4. The maximum Gasteiger partial charge on any atom is 0.412 e. The second-order valence-electron chi connectivity index (χ2n) is 7.37. The molecule has 0 saturated heterocycles. The van der Waals surface area contributed by atoms with Crippen LogP contribution in [0.3, 0.4) is 0 Å². The lowest BCUT2D eigenvalue weighted by molar-refractivity contribution is -0.112. The van der Waals surface area contributed by atoms with Gasteiger partial charge in [0.1, 0.15) is 0 Å². The van der Waals surface area contributed by atoms with Crippen LogP contribution in [-0.2, 0) is 4.79 Å². The van der Waals surface area contributed by atoms with E-state index in [-0.39, 0.29) is 38.6 Å². The van der Waals surface area contributed by atoms with Crippen molar-refractivity contribution in [3.8, 4) is 11.3 Å². The van der Waals surface area contributed by atoms with Gasteiger partial charge in [0, 0.05) is 34.5 Å². The topological polar surface area (TPSA) is 54.9 Å². The third-order valence-electron chi connectivity index (χ3n) is 4.74. The fraction of sp³-hybridized carbons (Fsp3) is 0.250. The smallest absolute Gasteiger partial charge is 0.322 e. The van der Waals surface area contributed by atoms with Gasteiger partial charge in [0.05, 0.1) is 27.9 Å². The third kappa shape index (κ3) is 8.48. The average molecular weight is 554 g/mol. The van der Waals surface area contributed by atoms with Crippen LogP contribution < -0.4 is 5.32 Å². The van der Waals surface area contributed by atoms with Gasteiger partial charge in [0.25, 0.3) is 5.91 Å². The summed E-state index contributed by atoms with van der Waals surface area (Å²) >= 11 is 6.26. The molecule has 1 N–H and O–H groups in total. The molecule has 38 heavy (non-hydrogen) atoms. The molecule has 204 valence electrons. The fourth-order valence-corrected chi connectivity index (χ4v) is 3.06. The van der Waals surface area contributed by atoms with Crippen molar-refractivity contribution < 1.29 is 26.7 Å². The number of carbonyl (C=O) groups excluding carboxylic acids is 1. The molecule has 0 unspecified atom stereocenters. The van der Waals surface area contributed by atoms with Gasteiger partial charge in [0.15, 0.2) is 11.6 Å². The minimum atomic E-state index is -4.52. The molecular formula is C28H29ClF5N3O. The highest BCUT2D eigenvalue weighted by Gasteiger charge is 2.29. The molecule has 0 saturated carbocycles. The number of aromatic nitrogens is 2. The molecule has 10 heteroatoms. The minimum absolute atomic E-state index is 0.0527. The number of rotatable bonds is 5. The zero-order valence-electron chi connectivity index (χ0n) is 21.9. The van der Waals surface area contributed by atoms with Gasteiger partial charge >= 0.3 is 6.18 Å². The normalized spacial score (nSPS) is 11.7. The molecule has 1 amide bonds. The molecule has 0 bridgehead atoms. The SMILES string of the molecule is C=C(C)/C(=C\C=C(/C)C(F)(F)F)C(=O)Nc1ccc(Cl)c(-c2cnc3cc(F)c(F)cc3n2)c1.CC.CC. The summed E-state index contributed by atoms with van der Waals surface area (Å²) in [5.74, 6) is -2.83. The number of nitrogens with one attached hydrogen (secondary N) is 1. The number of fused-ring (bicyclic) bond motifs is 1. The number of hydrogen-bond donors (Lipinski definition) is 1. The molecule has 0 atom stereocenters. The molecule has 1 aromatic heterocycles. The quantitative estimate of drug-likeness (QED) is 0.195. The predicted molar refractivity (Wildman–Crippen MR) is 144 cm³/mol.